The number of carbonyl (C=O) groups excluding carboxylic acids is 1. The van der Waals surface area contributed by atoms with Gasteiger partial charge in [-0.1, -0.05) is 12.1 Å². The van der Waals surface area contributed by atoms with Gasteiger partial charge in [-0.3, -0.25) is 4.79 Å². The maximum Gasteiger partial charge on any atom is 0.237 e. The van der Waals surface area contributed by atoms with Gasteiger partial charge in [-0.15, -0.1) is 11.3 Å². The molecule has 0 unspecified atom stereocenters. The summed E-state index contributed by atoms with van der Waals surface area (Å²) in [6.07, 6.45) is 1.67. The first kappa shape index (κ1) is 18.8. The Labute approximate surface area is 162 Å². The Kier molecular flexibility index (Phi) is 6.37. The topological polar surface area (TPSA) is 105 Å². The molecule has 0 bridgehead atoms. The van der Waals surface area contributed by atoms with Gasteiger partial charge in [0, 0.05) is 30.6 Å². The molecule has 0 spiro atoms. The molecule has 0 radical (unpaired) electrons. The van der Waals surface area contributed by atoms with Crippen molar-refractivity contribution in [1.29, 1.82) is 10.5 Å². The average Bonchev–Trinajstić information content (AvgIpc) is 3.37. The second kappa shape index (κ2) is 9.13. The van der Waals surface area contributed by atoms with Crippen LogP contribution in [0.5, 0.6) is 0 Å². The maximum atomic E-state index is 12.1. The summed E-state index contributed by atoms with van der Waals surface area (Å²) in [6, 6.07) is 11.3. The summed E-state index contributed by atoms with van der Waals surface area (Å²) in [5.41, 5.74) is 2.47. The Morgan fingerprint density at radius 3 is 2.85 bits per heavy atom. The molecule has 1 saturated heterocycles. The van der Waals surface area contributed by atoms with Gasteiger partial charge in [0.05, 0.1) is 29.9 Å². The van der Waals surface area contributed by atoms with E-state index in [-0.39, 0.29) is 18.5 Å². The molecule has 138 valence electrons. The summed E-state index contributed by atoms with van der Waals surface area (Å²) in [5.74, 6) is -0.0172. The van der Waals surface area contributed by atoms with Gasteiger partial charge in [-0.2, -0.15) is 10.5 Å². The summed E-state index contributed by atoms with van der Waals surface area (Å²) in [4.78, 5) is 18.3. The number of hydrogen-bond acceptors (Lipinski definition) is 7. The molecule has 1 aliphatic heterocycles. The molecule has 1 atom stereocenters. The smallest absolute Gasteiger partial charge is 0.237 e. The highest BCUT2D eigenvalue weighted by molar-refractivity contribution is 7.14. The first-order chi connectivity index (χ1) is 13.2. The Hall–Kier alpha value is -2.94. The Morgan fingerprint density at radius 1 is 1.30 bits per heavy atom. The number of thiazole rings is 1. The van der Waals surface area contributed by atoms with Crippen LogP contribution in [0.15, 0.2) is 29.6 Å². The van der Waals surface area contributed by atoms with Crippen LogP contribution in [0.1, 0.15) is 18.4 Å². The van der Waals surface area contributed by atoms with Crippen molar-refractivity contribution in [3.63, 3.8) is 0 Å². The molecule has 0 aliphatic carbocycles. The number of likely N-dealkylation sites (tertiary alicyclic amines) is 1. The number of nitriles is 2. The number of nitrogens with zero attached hydrogens (tertiary/aromatic N) is 4. The summed E-state index contributed by atoms with van der Waals surface area (Å²) in [6.45, 7) is 2.19. The SMILES string of the molecule is N#Cc1ccc(-c2csc(NCCNCC(=O)N3CCC[C@H]3C#N)n2)cc1. The summed E-state index contributed by atoms with van der Waals surface area (Å²) >= 11 is 1.52. The Morgan fingerprint density at radius 2 is 2.11 bits per heavy atom. The minimum absolute atomic E-state index is 0.0172. The highest BCUT2D eigenvalue weighted by Crippen LogP contribution is 2.24. The van der Waals surface area contributed by atoms with E-state index >= 15 is 0 Å². The first-order valence-electron chi connectivity index (χ1n) is 8.81. The van der Waals surface area contributed by atoms with Crippen LogP contribution in [-0.4, -0.2) is 48.0 Å². The van der Waals surface area contributed by atoms with Crippen LogP contribution in [0.25, 0.3) is 11.3 Å². The minimum atomic E-state index is -0.270. The van der Waals surface area contributed by atoms with Crippen LogP contribution in [0.2, 0.25) is 0 Å². The molecular formula is C19H20N6OS. The number of anilines is 1. The summed E-state index contributed by atoms with van der Waals surface area (Å²) < 4.78 is 0. The Balaban J connectivity index is 1.40. The third-order valence-corrected chi connectivity index (χ3v) is 5.19. The van der Waals surface area contributed by atoms with E-state index < -0.39 is 0 Å². The number of nitrogens with one attached hydrogen (secondary N) is 2. The van der Waals surface area contributed by atoms with Crippen molar-refractivity contribution >= 4 is 22.4 Å². The van der Waals surface area contributed by atoms with E-state index in [9.17, 15) is 4.79 Å². The van der Waals surface area contributed by atoms with Gasteiger partial charge in [-0.05, 0) is 25.0 Å². The molecule has 2 aromatic rings. The van der Waals surface area contributed by atoms with Crippen LogP contribution < -0.4 is 10.6 Å². The number of rotatable bonds is 7. The predicted octanol–water partition coefficient (Wildman–Crippen LogP) is 2.20. The summed E-state index contributed by atoms with van der Waals surface area (Å²) in [5, 5.41) is 27.0. The molecule has 3 rings (SSSR count). The van der Waals surface area contributed by atoms with E-state index in [1.54, 1.807) is 17.0 Å². The normalized spacial score (nSPS) is 15.9. The molecule has 1 amide bonds. The maximum absolute atomic E-state index is 12.1. The van der Waals surface area contributed by atoms with Gasteiger partial charge < -0.3 is 15.5 Å². The lowest BCUT2D eigenvalue weighted by Gasteiger charge is -2.19. The molecule has 2 heterocycles. The average molecular weight is 380 g/mol. The third-order valence-electron chi connectivity index (χ3n) is 4.39. The fraction of sp³-hybridized carbons (Fsp3) is 0.368. The van der Waals surface area contributed by atoms with Crippen molar-refractivity contribution in [2.45, 2.75) is 18.9 Å². The zero-order valence-corrected chi connectivity index (χ0v) is 15.6. The van der Waals surface area contributed by atoms with Crippen LogP contribution >= 0.6 is 11.3 Å². The van der Waals surface area contributed by atoms with Gasteiger partial charge in [-0.25, -0.2) is 4.98 Å². The Bertz CT molecular complexity index is 864. The first-order valence-corrected chi connectivity index (χ1v) is 9.69. The van der Waals surface area contributed by atoms with E-state index in [4.69, 9.17) is 10.5 Å². The van der Waals surface area contributed by atoms with Crippen molar-refractivity contribution < 1.29 is 4.79 Å². The van der Waals surface area contributed by atoms with Gasteiger partial charge in [0.2, 0.25) is 5.91 Å². The molecule has 27 heavy (non-hydrogen) atoms. The van der Waals surface area contributed by atoms with E-state index in [1.807, 2.05) is 17.5 Å². The fourth-order valence-electron chi connectivity index (χ4n) is 2.96. The van der Waals surface area contributed by atoms with Crippen molar-refractivity contribution in [2.75, 3.05) is 31.5 Å². The van der Waals surface area contributed by atoms with Crippen LogP contribution in [0, 0.1) is 22.7 Å². The lowest BCUT2D eigenvalue weighted by atomic mass is 10.1. The van der Waals surface area contributed by atoms with Crippen LogP contribution in [-0.2, 0) is 4.79 Å². The van der Waals surface area contributed by atoms with E-state index in [2.05, 4.69) is 27.8 Å². The van der Waals surface area contributed by atoms with Crippen LogP contribution in [0.3, 0.4) is 0 Å². The quantitative estimate of drug-likeness (QED) is 0.714. The second-order valence-corrected chi connectivity index (χ2v) is 7.06. The van der Waals surface area contributed by atoms with Crippen molar-refractivity contribution in [1.82, 2.24) is 15.2 Å². The number of aromatic nitrogens is 1. The molecule has 1 fully saturated rings. The number of carbonyl (C=O) groups is 1. The van der Waals surface area contributed by atoms with Crippen molar-refractivity contribution in [3.05, 3.63) is 35.2 Å². The fourth-order valence-corrected chi connectivity index (χ4v) is 3.71. The van der Waals surface area contributed by atoms with E-state index in [0.717, 1.165) is 29.2 Å². The number of hydrogen-bond donors (Lipinski definition) is 2. The highest BCUT2D eigenvalue weighted by Gasteiger charge is 2.27. The van der Waals surface area contributed by atoms with Crippen LogP contribution in [0.4, 0.5) is 5.13 Å². The highest BCUT2D eigenvalue weighted by atomic mass is 32.1. The van der Waals surface area contributed by atoms with Gasteiger partial charge >= 0.3 is 0 Å². The number of amides is 1. The molecule has 8 heteroatoms. The number of benzene rings is 1. The third kappa shape index (κ3) is 4.82. The standard InChI is InChI=1S/C19H20N6OS/c20-10-14-3-5-15(6-4-14)17-13-27-19(24-17)23-8-7-22-12-18(26)25-9-1-2-16(25)11-21/h3-6,13,16,22H,1-2,7-9,12H2,(H,23,24)/t16-/m0/s1. The van der Waals surface area contributed by atoms with E-state index in [1.165, 1.54) is 11.3 Å². The van der Waals surface area contributed by atoms with Crippen molar-refractivity contribution in [3.8, 4) is 23.4 Å². The van der Waals surface area contributed by atoms with Gasteiger partial charge in [0.25, 0.3) is 0 Å². The molecule has 2 N–H and O–H groups in total. The molecule has 7 nitrogen and oxygen atoms in total. The van der Waals surface area contributed by atoms with E-state index in [0.29, 0.717) is 25.2 Å². The largest absolute Gasteiger partial charge is 0.360 e. The lowest BCUT2D eigenvalue weighted by molar-refractivity contribution is -0.130. The monoisotopic (exact) mass is 380 g/mol. The molecule has 1 aliphatic rings. The predicted molar refractivity (Wildman–Crippen MR) is 104 cm³/mol. The molecule has 0 saturated carbocycles. The zero-order valence-electron chi connectivity index (χ0n) is 14.8. The molecule has 1 aromatic heterocycles. The van der Waals surface area contributed by atoms with Gasteiger partial charge in [0.15, 0.2) is 5.13 Å². The summed E-state index contributed by atoms with van der Waals surface area (Å²) in [7, 11) is 0. The second-order valence-electron chi connectivity index (χ2n) is 6.20. The van der Waals surface area contributed by atoms with Gasteiger partial charge in [0.1, 0.15) is 6.04 Å². The zero-order chi connectivity index (χ0) is 19.1. The molecule has 1 aromatic carbocycles. The minimum Gasteiger partial charge on any atom is -0.360 e. The molecular weight excluding hydrogens is 360 g/mol. The lowest BCUT2D eigenvalue weighted by Crippen LogP contribution is -2.41. The van der Waals surface area contributed by atoms with Crippen molar-refractivity contribution in [2.24, 2.45) is 0 Å².